The van der Waals surface area contributed by atoms with Gasteiger partial charge in [-0.05, 0) is 25.1 Å². The molecule has 7 heteroatoms. The first kappa shape index (κ1) is 14.8. The molecule has 0 saturated carbocycles. The molecule has 0 aliphatic carbocycles. The van der Waals surface area contributed by atoms with Crippen molar-refractivity contribution in [3.8, 4) is 5.82 Å². The van der Waals surface area contributed by atoms with Crippen molar-refractivity contribution in [1.29, 1.82) is 0 Å². The lowest BCUT2D eigenvalue weighted by Crippen LogP contribution is -2.28. The van der Waals surface area contributed by atoms with Gasteiger partial charge in [-0.3, -0.25) is 4.79 Å². The van der Waals surface area contributed by atoms with Gasteiger partial charge < -0.3 is 19.6 Å². The summed E-state index contributed by atoms with van der Waals surface area (Å²) in [6, 6.07) is 7.37. The lowest BCUT2D eigenvalue weighted by Gasteiger charge is -2.09. The van der Waals surface area contributed by atoms with Gasteiger partial charge in [0.2, 0.25) is 0 Å². The first-order chi connectivity index (χ1) is 11.2. The van der Waals surface area contributed by atoms with Crippen LogP contribution in [0.3, 0.4) is 0 Å². The number of hydrogen-bond donors (Lipinski definition) is 2. The van der Waals surface area contributed by atoms with Crippen molar-refractivity contribution in [2.75, 3.05) is 18.4 Å². The van der Waals surface area contributed by atoms with Gasteiger partial charge in [0.15, 0.2) is 0 Å². The zero-order valence-electron chi connectivity index (χ0n) is 12.7. The summed E-state index contributed by atoms with van der Waals surface area (Å²) in [5, 5.41) is 5.99. The van der Waals surface area contributed by atoms with Crippen molar-refractivity contribution in [2.24, 2.45) is 0 Å². The number of aromatic nitrogens is 3. The van der Waals surface area contributed by atoms with Crippen LogP contribution in [0.5, 0.6) is 0 Å². The molecule has 3 rings (SSSR count). The van der Waals surface area contributed by atoms with E-state index in [9.17, 15) is 4.79 Å². The number of nitrogens with zero attached hydrogens (tertiary/aromatic N) is 3. The van der Waals surface area contributed by atoms with Crippen LogP contribution in [0.4, 0.5) is 5.82 Å². The normalized spacial score (nSPS) is 10.5. The second-order valence-electron chi connectivity index (χ2n) is 4.94. The maximum Gasteiger partial charge on any atom is 0.254 e. The highest BCUT2D eigenvalue weighted by molar-refractivity contribution is 5.93. The minimum atomic E-state index is -0.160. The lowest BCUT2D eigenvalue weighted by atomic mass is 10.3. The third-order valence-corrected chi connectivity index (χ3v) is 3.19. The van der Waals surface area contributed by atoms with Crippen molar-refractivity contribution < 1.29 is 9.21 Å². The van der Waals surface area contributed by atoms with E-state index < -0.39 is 0 Å². The first-order valence-electron chi connectivity index (χ1n) is 7.26. The maximum atomic E-state index is 11.8. The van der Waals surface area contributed by atoms with Gasteiger partial charge in [0.05, 0.1) is 11.8 Å². The van der Waals surface area contributed by atoms with E-state index in [2.05, 4.69) is 20.6 Å². The Kier molecular flexibility index (Phi) is 4.37. The van der Waals surface area contributed by atoms with Gasteiger partial charge in [-0.25, -0.2) is 9.97 Å². The van der Waals surface area contributed by atoms with Crippen molar-refractivity contribution in [3.63, 3.8) is 0 Å². The average molecular weight is 311 g/mol. The zero-order chi connectivity index (χ0) is 16.1. The highest BCUT2D eigenvalue weighted by atomic mass is 16.3. The van der Waals surface area contributed by atoms with Crippen molar-refractivity contribution in [2.45, 2.75) is 6.92 Å². The number of hydrogen-bond acceptors (Lipinski definition) is 5. The Hall–Kier alpha value is -3.09. The van der Waals surface area contributed by atoms with E-state index in [1.54, 1.807) is 6.07 Å². The third kappa shape index (κ3) is 3.76. The Morgan fingerprint density at radius 1 is 1.26 bits per heavy atom. The molecule has 118 valence electrons. The first-order valence-corrected chi connectivity index (χ1v) is 7.26. The van der Waals surface area contributed by atoms with Crippen LogP contribution in [-0.2, 0) is 0 Å². The fourth-order valence-electron chi connectivity index (χ4n) is 2.12. The summed E-state index contributed by atoms with van der Waals surface area (Å²) >= 11 is 0. The molecule has 0 saturated heterocycles. The maximum absolute atomic E-state index is 11.8. The largest absolute Gasteiger partial charge is 0.472 e. The summed E-state index contributed by atoms with van der Waals surface area (Å²) in [5.74, 6) is 2.04. The molecule has 2 N–H and O–H groups in total. The molecular formula is C16H17N5O2. The Morgan fingerprint density at radius 2 is 2.09 bits per heavy atom. The predicted molar refractivity (Wildman–Crippen MR) is 85.6 cm³/mol. The quantitative estimate of drug-likeness (QED) is 0.680. The van der Waals surface area contributed by atoms with Crippen LogP contribution in [0.25, 0.3) is 5.82 Å². The van der Waals surface area contributed by atoms with Crippen LogP contribution in [0.15, 0.2) is 53.6 Å². The van der Waals surface area contributed by atoms with Crippen molar-refractivity contribution in [3.05, 3.63) is 60.6 Å². The second-order valence-corrected chi connectivity index (χ2v) is 4.94. The number of amides is 1. The fraction of sp³-hybridized carbons (Fsp3) is 0.188. The molecule has 0 atom stereocenters. The minimum absolute atomic E-state index is 0.160. The molecule has 0 aliphatic heterocycles. The molecule has 0 bridgehead atoms. The topological polar surface area (TPSA) is 85.0 Å². The molecule has 0 unspecified atom stereocenters. The zero-order valence-corrected chi connectivity index (χ0v) is 12.7. The average Bonchev–Trinajstić information content (AvgIpc) is 3.23. The highest BCUT2D eigenvalue weighted by Gasteiger charge is 2.06. The van der Waals surface area contributed by atoms with E-state index in [-0.39, 0.29) is 5.91 Å². The molecule has 3 heterocycles. The number of anilines is 1. The number of carbonyl (C=O) groups is 1. The molecule has 1 amide bonds. The summed E-state index contributed by atoms with van der Waals surface area (Å²) in [7, 11) is 0. The monoisotopic (exact) mass is 311 g/mol. The van der Waals surface area contributed by atoms with Gasteiger partial charge in [0.25, 0.3) is 5.91 Å². The third-order valence-electron chi connectivity index (χ3n) is 3.19. The Morgan fingerprint density at radius 3 is 2.83 bits per heavy atom. The number of aryl methyl sites for hydroxylation is 1. The van der Waals surface area contributed by atoms with Gasteiger partial charge in [0, 0.05) is 31.5 Å². The molecule has 0 radical (unpaired) electrons. The number of carbonyl (C=O) groups excluding carboxylic acids is 1. The van der Waals surface area contributed by atoms with Crippen LogP contribution >= 0.6 is 0 Å². The van der Waals surface area contributed by atoms with E-state index >= 15 is 0 Å². The van der Waals surface area contributed by atoms with Gasteiger partial charge in [0.1, 0.15) is 23.7 Å². The Balaban J connectivity index is 1.55. The molecule has 3 aromatic heterocycles. The van der Waals surface area contributed by atoms with Crippen LogP contribution in [0.1, 0.15) is 16.2 Å². The van der Waals surface area contributed by atoms with E-state index in [1.807, 2.05) is 42.1 Å². The minimum Gasteiger partial charge on any atom is -0.472 e. The number of nitrogens with one attached hydrogen (secondary N) is 2. The summed E-state index contributed by atoms with van der Waals surface area (Å²) in [6.07, 6.45) is 6.74. The van der Waals surface area contributed by atoms with Gasteiger partial charge in [-0.1, -0.05) is 0 Å². The summed E-state index contributed by atoms with van der Waals surface area (Å²) in [6.45, 7) is 2.88. The Bertz CT molecular complexity index is 766. The van der Waals surface area contributed by atoms with Crippen molar-refractivity contribution >= 4 is 11.7 Å². The van der Waals surface area contributed by atoms with Crippen LogP contribution in [0.2, 0.25) is 0 Å². The van der Waals surface area contributed by atoms with Gasteiger partial charge in [-0.15, -0.1) is 0 Å². The number of furan rings is 1. The highest BCUT2D eigenvalue weighted by Crippen LogP contribution is 2.11. The standard InChI is InChI=1S/C16H17N5O2/c1-12-19-14(10-15(20-12)21-7-2-3-8-21)17-5-6-18-16(22)13-4-9-23-11-13/h2-4,7-11H,5-6H2,1H3,(H,18,22)(H,17,19,20). The number of rotatable bonds is 6. The summed E-state index contributed by atoms with van der Waals surface area (Å²) < 4.78 is 6.79. The molecule has 0 spiro atoms. The SMILES string of the molecule is Cc1nc(NCCNC(=O)c2ccoc2)cc(-n2cccc2)n1. The van der Waals surface area contributed by atoms with E-state index in [0.717, 1.165) is 11.6 Å². The van der Waals surface area contributed by atoms with Gasteiger partial charge >= 0.3 is 0 Å². The molecule has 0 fully saturated rings. The second kappa shape index (κ2) is 6.78. The molecule has 7 nitrogen and oxygen atoms in total. The van der Waals surface area contributed by atoms with Crippen LogP contribution < -0.4 is 10.6 Å². The van der Waals surface area contributed by atoms with Crippen LogP contribution in [-0.4, -0.2) is 33.5 Å². The molecule has 0 aliphatic rings. The smallest absolute Gasteiger partial charge is 0.254 e. The lowest BCUT2D eigenvalue weighted by molar-refractivity contribution is 0.0954. The summed E-state index contributed by atoms with van der Waals surface area (Å²) in [4.78, 5) is 20.5. The molecule has 0 aromatic carbocycles. The predicted octanol–water partition coefficient (Wildman–Crippen LogP) is 2.01. The molecule has 3 aromatic rings. The van der Waals surface area contributed by atoms with E-state index in [0.29, 0.717) is 24.5 Å². The van der Waals surface area contributed by atoms with Crippen molar-refractivity contribution in [1.82, 2.24) is 19.9 Å². The summed E-state index contributed by atoms with van der Waals surface area (Å²) in [5.41, 5.74) is 0.512. The van der Waals surface area contributed by atoms with Gasteiger partial charge in [-0.2, -0.15) is 0 Å². The van der Waals surface area contributed by atoms with Crippen LogP contribution in [0, 0.1) is 6.92 Å². The molecule has 23 heavy (non-hydrogen) atoms. The Labute approximate surface area is 133 Å². The fourth-order valence-corrected chi connectivity index (χ4v) is 2.12. The van der Waals surface area contributed by atoms with E-state index in [1.165, 1.54) is 12.5 Å². The molecular weight excluding hydrogens is 294 g/mol. The van der Waals surface area contributed by atoms with E-state index in [4.69, 9.17) is 4.42 Å².